The van der Waals surface area contributed by atoms with E-state index in [1.165, 1.54) is 6.07 Å². The van der Waals surface area contributed by atoms with Crippen LogP contribution in [0.4, 0.5) is 4.39 Å². The Morgan fingerprint density at radius 1 is 1.35 bits per heavy atom. The summed E-state index contributed by atoms with van der Waals surface area (Å²) in [7, 11) is 0. The summed E-state index contributed by atoms with van der Waals surface area (Å²) in [6.07, 6.45) is -0.284. The quantitative estimate of drug-likeness (QED) is 0.754. The van der Waals surface area contributed by atoms with Gasteiger partial charge in [-0.25, -0.2) is 4.39 Å². The molecule has 2 rings (SSSR count). The second-order valence-corrected chi connectivity index (χ2v) is 4.21. The van der Waals surface area contributed by atoms with E-state index in [0.29, 0.717) is 25.2 Å². The van der Waals surface area contributed by atoms with Crippen molar-refractivity contribution in [1.82, 2.24) is 10.6 Å². The zero-order valence-corrected chi connectivity index (χ0v) is 10.3. The molecular weight excluding hydrogens is 243 g/mol. The van der Waals surface area contributed by atoms with E-state index in [0.717, 1.165) is 6.54 Å². The minimum atomic E-state index is -0.284. The molecule has 96 valence electrons. The Balaban J connectivity index is 0.00000144. The Kier molecular flexibility index (Phi) is 5.85. The van der Waals surface area contributed by atoms with Gasteiger partial charge in [-0.05, 0) is 6.07 Å². The van der Waals surface area contributed by atoms with Gasteiger partial charge in [0.05, 0.1) is 6.10 Å². The standard InChI is InChI=1S/C12H17FN2O.ClH/c13-11-4-2-1-3-9(11)5-14-6-10-7-15-8-12(10)16;/h1-4,10,12,14-16H,5-8H2;1H. The molecule has 1 aromatic rings. The molecule has 3 nitrogen and oxygen atoms in total. The van der Waals surface area contributed by atoms with E-state index in [4.69, 9.17) is 0 Å². The van der Waals surface area contributed by atoms with Crippen molar-refractivity contribution in [2.75, 3.05) is 19.6 Å². The van der Waals surface area contributed by atoms with Crippen molar-refractivity contribution >= 4 is 12.4 Å². The van der Waals surface area contributed by atoms with E-state index < -0.39 is 0 Å². The summed E-state index contributed by atoms with van der Waals surface area (Å²) < 4.78 is 13.3. The monoisotopic (exact) mass is 260 g/mol. The van der Waals surface area contributed by atoms with Gasteiger partial charge in [0.1, 0.15) is 5.82 Å². The van der Waals surface area contributed by atoms with E-state index >= 15 is 0 Å². The second-order valence-electron chi connectivity index (χ2n) is 4.21. The molecule has 0 radical (unpaired) electrons. The maximum atomic E-state index is 13.3. The van der Waals surface area contributed by atoms with E-state index in [1.807, 2.05) is 6.07 Å². The number of nitrogens with one attached hydrogen (secondary N) is 2. The van der Waals surface area contributed by atoms with Crippen molar-refractivity contribution < 1.29 is 9.50 Å². The third-order valence-electron chi connectivity index (χ3n) is 2.98. The number of hydrogen-bond acceptors (Lipinski definition) is 3. The normalized spacial score (nSPS) is 23.4. The van der Waals surface area contributed by atoms with Crippen LogP contribution in [-0.2, 0) is 6.54 Å². The van der Waals surface area contributed by atoms with Crippen LogP contribution in [0.2, 0.25) is 0 Å². The maximum absolute atomic E-state index is 13.3. The average molecular weight is 261 g/mol. The fourth-order valence-corrected chi connectivity index (χ4v) is 1.96. The lowest BCUT2D eigenvalue weighted by molar-refractivity contribution is 0.146. The van der Waals surface area contributed by atoms with Crippen molar-refractivity contribution in [2.45, 2.75) is 12.6 Å². The third kappa shape index (κ3) is 3.92. The first-order chi connectivity index (χ1) is 7.77. The van der Waals surface area contributed by atoms with Crippen LogP contribution in [0.25, 0.3) is 0 Å². The van der Waals surface area contributed by atoms with E-state index in [-0.39, 0.29) is 30.2 Å². The summed E-state index contributed by atoms with van der Waals surface area (Å²) in [5.74, 6) is 0.0480. The Morgan fingerprint density at radius 3 is 2.76 bits per heavy atom. The highest BCUT2D eigenvalue weighted by Crippen LogP contribution is 2.09. The Bertz CT molecular complexity index is 351. The summed E-state index contributed by atoms with van der Waals surface area (Å²) in [5.41, 5.74) is 0.669. The van der Waals surface area contributed by atoms with Crippen molar-refractivity contribution in [3.05, 3.63) is 35.6 Å². The van der Waals surface area contributed by atoms with Gasteiger partial charge in [-0.3, -0.25) is 0 Å². The Hall–Kier alpha value is -0.680. The molecule has 3 N–H and O–H groups in total. The SMILES string of the molecule is Cl.OC1CNCC1CNCc1ccccc1F. The zero-order valence-electron chi connectivity index (χ0n) is 9.53. The van der Waals surface area contributed by atoms with Crippen LogP contribution >= 0.6 is 12.4 Å². The first-order valence-electron chi connectivity index (χ1n) is 5.60. The minimum absolute atomic E-state index is 0. The lowest BCUT2D eigenvalue weighted by Crippen LogP contribution is -2.30. The van der Waals surface area contributed by atoms with Gasteiger partial charge in [-0.15, -0.1) is 12.4 Å². The fourth-order valence-electron chi connectivity index (χ4n) is 1.96. The smallest absolute Gasteiger partial charge is 0.127 e. The van der Waals surface area contributed by atoms with Gasteiger partial charge in [0.25, 0.3) is 0 Å². The number of rotatable bonds is 4. The van der Waals surface area contributed by atoms with Crippen LogP contribution in [0.5, 0.6) is 0 Å². The molecule has 2 unspecified atom stereocenters. The molecule has 1 heterocycles. The van der Waals surface area contributed by atoms with Crippen molar-refractivity contribution in [3.63, 3.8) is 0 Å². The molecule has 0 saturated carbocycles. The first-order valence-corrected chi connectivity index (χ1v) is 5.60. The first kappa shape index (κ1) is 14.4. The summed E-state index contributed by atoms with van der Waals surface area (Å²) >= 11 is 0. The number of hydrogen-bond donors (Lipinski definition) is 3. The molecule has 1 aliphatic rings. The number of aliphatic hydroxyl groups excluding tert-OH is 1. The van der Waals surface area contributed by atoms with E-state index in [2.05, 4.69) is 10.6 Å². The minimum Gasteiger partial charge on any atom is -0.391 e. The fraction of sp³-hybridized carbons (Fsp3) is 0.500. The summed E-state index contributed by atoms with van der Waals surface area (Å²) in [6.45, 7) is 2.70. The number of β-amino-alcohol motifs (C(OH)–C–C–N with tert-alkyl or cyclic N) is 1. The summed E-state index contributed by atoms with van der Waals surface area (Å²) in [4.78, 5) is 0. The van der Waals surface area contributed by atoms with Gasteiger partial charge in [-0.2, -0.15) is 0 Å². The van der Waals surface area contributed by atoms with E-state index in [9.17, 15) is 9.50 Å². The molecule has 0 aliphatic carbocycles. The molecule has 0 spiro atoms. The van der Waals surface area contributed by atoms with Gasteiger partial charge in [0.15, 0.2) is 0 Å². The predicted molar refractivity (Wildman–Crippen MR) is 67.7 cm³/mol. The highest BCUT2D eigenvalue weighted by molar-refractivity contribution is 5.85. The lowest BCUT2D eigenvalue weighted by Gasteiger charge is -2.14. The van der Waals surface area contributed by atoms with Crippen molar-refractivity contribution in [1.29, 1.82) is 0 Å². The molecule has 0 bridgehead atoms. The van der Waals surface area contributed by atoms with Gasteiger partial charge >= 0.3 is 0 Å². The number of benzene rings is 1. The van der Waals surface area contributed by atoms with Crippen LogP contribution in [0.1, 0.15) is 5.56 Å². The molecule has 17 heavy (non-hydrogen) atoms. The molecule has 0 aromatic heterocycles. The Morgan fingerprint density at radius 2 is 2.12 bits per heavy atom. The topological polar surface area (TPSA) is 44.3 Å². The lowest BCUT2D eigenvalue weighted by atomic mass is 10.1. The van der Waals surface area contributed by atoms with Crippen molar-refractivity contribution in [3.8, 4) is 0 Å². The van der Waals surface area contributed by atoms with Crippen LogP contribution in [0.15, 0.2) is 24.3 Å². The third-order valence-corrected chi connectivity index (χ3v) is 2.98. The van der Waals surface area contributed by atoms with Gasteiger partial charge in [0.2, 0.25) is 0 Å². The van der Waals surface area contributed by atoms with Gasteiger partial charge in [0, 0.05) is 37.7 Å². The molecule has 5 heteroatoms. The number of halogens is 2. The maximum Gasteiger partial charge on any atom is 0.127 e. The highest BCUT2D eigenvalue weighted by Gasteiger charge is 2.23. The van der Waals surface area contributed by atoms with Crippen LogP contribution in [0, 0.1) is 11.7 Å². The van der Waals surface area contributed by atoms with Crippen LogP contribution < -0.4 is 10.6 Å². The molecule has 1 fully saturated rings. The molecule has 1 aromatic carbocycles. The van der Waals surface area contributed by atoms with Crippen molar-refractivity contribution in [2.24, 2.45) is 5.92 Å². The van der Waals surface area contributed by atoms with E-state index in [1.54, 1.807) is 12.1 Å². The van der Waals surface area contributed by atoms with Gasteiger partial charge in [-0.1, -0.05) is 18.2 Å². The predicted octanol–water partition coefficient (Wildman–Crippen LogP) is 0.917. The molecule has 2 atom stereocenters. The molecule has 0 amide bonds. The average Bonchev–Trinajstić information content (AvgIpc) is 2.67. The number of aliphatic hydroxyl groups is 1. The van der Waals surface area contributed by atoms with Crippen LogP contribution in [-0.4, -0.2) is 30.8 Å². The highest BCUT2D eigenvalue weighted by atomic mass is 35.5. The molecular formula is C12H18ClFN2O. The van der Waals surface area contributed by atoms with Gasteiger partial charge < -0.3 is 15.7 Å². The second kappa shape index (κ2) is 6.91. The Labute approximate surface area is 107 Å². The molecule has 1 aliphatic heterocycles. The molecule has 1 saturated heterocycles. The largest absolute Gasteiger partial charge is 0.391 e. The van der Waals surface area contributed by atoms with Crippen LogP contribution in [0.3, 0.4) is 0 Å². The summed E-state index contributed by atoms with van der Waals surface area (Å²) in [5, 5.41) is 15.9. The zero-order chi connectivity index (χ0) is 11.4. The summed E-state index contributed by atoms with van der Waals surface area (Å²) in [6, 6.07) is 6.74.